The minimum absolute atomic E-state index is 0.120. The second-order valence-corrected chi connectivity index (χ2v) is 15.2. The van der Waals surface area contributed by atoms with Crippen LogP contribution in [0.4, 0.5) is 0 Å². The van der Waals surface area contributed by atoms with Crippen LogP contribution < -0.4 is 9.47 Å². The van der Waals surface area contributed by atoms with Gasteiger partial charge in [-0.25, -0.2) is 13.1 Å². The number of hydrogen-bond donors (Lipinski definition) is 0. The van der Waals surface area contributed by atoms with Crippen LogP contribution in [0.2, 0.25) is 0 Å². The maximum atomic E-state index is 13.8. The second kappa shape index (κ2) is 13.8. The van der Waals surface area contributed by atoms with Crippen LogP contribution in [0, 0.1) is 5.92 Å². The van der Waals surface area contributed by atoms with Crippen molar-refractivity contribution in [2.45, 2.75) is 31.2 Å². The van der Waals surface area contributed by atoms with Gasteiger partial charge in [0.05, 0.1) is 34.6 Å². The minimum Gasteiger partial charge on any atom is -0.466 e. The van der Waals surface area contributed by atoms with Crippen molar-refractivity contribution in [3.63, 3.8) is 0 Å². The molecule has 0 atom stereocenters. The van der Waals surface area contributed by atoms with Crippen molar-refractivity contribution in [1.82, 2.24) is 19.0 Å². The largest absolute Gasteiger partial charge is 0.466 e. The van der Waals surface area contributed by atoms with Gasteiger partial charge in [-0.15, -0.1) is 0 Å². The van der Waals surface area contributed by atoms with Gasteiger partial charge in [-0.3, -0.25) is 14.5 Å². The molecule has 2 saturated heterocycles. The van der Waals surface area contributed by atoms with E-state index in [0.717, 1.165) is 11.3 Å². The Morgan fingerprint density at radius 3 is 2.59 bits per heavy atom. The highest BCUT2D eigenvalue weighted by molar-refractivity contribution is 8.26. The molecule has 14 heteroatoms. The Hall–Kier alpha value is -4.50. The lowest BCUT2D eigenvalue weighted by Crippen LogP contribution is -2.40. The average Bonchev–Trinajstić information content (AvgIpc) is 3.83. The van der Waals surface area contributed by atoms with Crippen molar-refractivity contribution >= 4 is 56.3 Å². The van der Waals surface area contributed by atoms with E-state index in [9.17, 15) is 18.0 Å². The maximum Gasteiger partial charge on any atom is 0.309 e. The van der Waals surface area contributed by atoms with Crippen LogP contribution in [0.15, 0.2) is 88.8 Å². The summed E-state index contributed by atoms with van der Waals surface area (Å²) < 4.78 is 47.1. The van der Waals surface area contributed by atoms with Crippen LogP contribution in [0.5, 0.6) is 11.5 Å². The summed E-state index contributed by atoms with van der Waals surface area (Å²) in [5.41, 5.74) is 3.34. The van der Waals surface area contributed by atoms with E-state index in [2.05, 4.69) is 0 Å². The van der Waals surface area contributed by atoms with E-state index in [1.807, 2.05) is 54.7 Å². The number of ether oxygens (including phenoxy) is 3. The summed E-state index contributed by atoms with van der Waals surface area (Å²) in [7, 11) is -3.86. The van der Waals surface area contributed by atoms with Gasteiger partial charge in [0.1, 0.15) is 10.0 Å². The van der Waals surface area contributed by atoms with Crippen LogP contribution >= 0.6 is 24.0 Å². The Bertz CT molecular complexity index is 2070. The number of carbonyl (C=O) groups is 2. The zero-order chi connectivity index (χ0) is 34.1. The summed E-state index contributed by atoms with van der Waals surface area (Å²) in [6.45, 7) is 2.92. The zero-order valence-corrected chi connectivity index (χ0v) is 28.9. The number of sulfonamides is 1. The number of piperidine rings is 1. The van der Waals surface area contributed by atoms with Gasteiger partial charge in [-0.2, -0.15) is 9.40 Å². The fraction of sp³-hybridized carbons (Fsp3) is 0.257. The topological polar surface area (TPSA) is 120 Å². The van der Waals surface area contributed by atoms with E-state index in [1.165, 1.54) is 16.1 Å². The second-order valence-electron chi connectivity index (χ2n) is 11.6. The fourth-order valence-corrected chi connectivity index (χ4v) is 8.74. The highest BCUT2D eigenvalue weighted by Gasteiger charge is 2.34. The minimum atomic E-state index is -3.86. The first-order valence-electron chi connectivity index (χ1n) is 15.8. The van der Waals surface area contributed by atoms with Crippen LogP contribution in [0.1, 0.15) is 30.9 Å². The molecule has 0 aliphatic carbocycles. The molecule has 0 spiro atoms. The SMILES string of the molecule is CCOC(=O)C1CCN(S(=O)(=O)c2cccc(-c3nn(-c4ccccc4)cc3C=C3SC(=S)N(Cc4ccc5c(c4)OCO5)C3=O)c2)CC1. The van der Waals surface area contributed by atoms with Gasteiger partial charge < -0.3 is 14.2 Å². The number of carbonyl (C=O) groups excluding carboxylic acids is 2. The van der Waals surface area contributed by atoms with E-state index in [-0.39, 0.29) is 49.1 Å². The smallest absolute Gasteiger partial charge is 0.309 e. The fourth-order valence-electron chi connectivity index (χ4n) is 5.97. The van der Waals surface area contributed by atoms with Crippen molar-refractivity contribution in [2.24, 2.45) is 5.92 Å². The summed E-state index contributed by atoms with van der Waals surface area (Å²) in [4.78, 5) is 28.0. The van der Waals surface area contributed by atoms with Gasteiger partial charge in [-0.05, 0) is 67.8 Å². The van der Waals surface area contributed by atoms with E-state index in [0.29, 0.717) is 57.0 Å². The standard InChI is InChI=1S/C35H32N4O7S3/c1-2-44-34(41)24-13-15-37(16-14-24)49(42,43)28-10-6-7-25(18-28)32-26(21-39(36-32)27-8-4-3-5-9-27)19-31-33(40)38(35(47)48-31)20-23-11-12-29-30(17-23)46-22-45-29/h3-12,17-19,21,24H,2,13-16,20,22H2,1H3. The average molecular weight is 717 g/mol. The first-order valence-corrected chi connectivity index (χ1v) is 18.4. The number of thioether (sulfide) groups is 1. The van der Waals surface area contributed by atoms with Crippen LogP contribution in [0.3, 0.4) is 0 Å². The summed E-state index contributed by atoms with van der Waals surface area (Å²) in [5.74, 6) is 0.447. The summed E-state index contributed by atoms with van der Waals surface area (Å²) in [6, 6.07) is 21.7. The number of fused-ring (bicyclic) bond motifs is 1. The molecule has 0 bridgehead atoms. The molecule has 3 aliphatic rings. The van der Waals surface area contributed by atoms with Gasteiger partial charge in [0.25, 0.3) is 5.91 Å². The van der Waals surface area contributed by atoms with Crippen molar-refractivity contribution in [3.8, 4) is 28.4 Å². The Morgan fingerprint density at radius 2 is 1.82 bits per heavy atom. The first kappa shape index (κ1) is 33.0. The molecule has 3 aliphatic heterocycles. The molecule has 3 aromatic carbocycles. The number of para-hydroxylation sites is 1. The van der Waals surface area contributed by atoms with E-state index >= 15 is 0 Å². The Morgan fingerprint density at radius 1 is 1.04 bits per heavy atom. The maximum absolute atomic E-state index is 13.8. The highest BCUT2D eigenvalue weighted by atomic mass is 32.2. The van der Waals surface area contributed by atoms with E-state index < -0.39 is 10.0 Å². The van der Waals surface area contributed by atoms with Crippen LogP contribution in [-0.4, -0.2) is 70.1 Å². The summed E-state index contributed by atoms with van der Waals surface area (Å²) >= 11 is 6.83. The normalized spacial score (nSPS) is 17.7. The number of rotatable bonds is 9. The summed E-state index contributed by atoms with van der Waals surface area (Å²) in [5, 5.41) is 4.86. The number of thiocarbonyl (C=S) groups is 1. The van der Waals surface area contributed by atoms with E-state index in [1.54, 1.807) is 46.8 Å². The first-order chi connectivity index (χ1) is 23.7. The van der Waals surface area contributed by atoms with Crippen molar-refractivity contribution < 1.29 is 32.2 Å². The van der Waals surface area contributed by atoms with Gasteiger partial charge >= 0.3 is 5.97 Å². The number of esters is 1. The van der Waals surface area contributed by atoms with Gasteiger partial charge in [0.2, 0.25) is 16.8 Å². The Balaban J connectivity index is 1.18. The molecule has 4 aromatic rings. The molecule has 1 amide bonds. The number of nitrogens with zero attached hydrogens (tertiary/aromatic N) is 4. The third-order valence-electron chi connectivity index (χ3n) is 8.52. The van der Waals surface area contributed by atoms with Crippen LogP contribution in [-0.2, 0) is 30.9 Å². The molecule has 0 N–H and O–H groups in total. The molecule has 7 rings (SSSR count). The lowest BCUT2D eigenvalue weighted by atomic mass is 9.98. The number of aromatic nitrogens is 2. The molecular formula is C35H32N4O7S3. The molecule has 49 heavy (non-hydrogen) atoms. The van der Waals surface area contributed by atoms with Crippen molar-refractivity contribution in [2.75, 3.05) is 26.5 Å². The molecule has 4 heterocycles. The molecule has 11 nitrogen and oxygen atoms in total. The Labute approximate surface area is 293 Å². The predicted molar refractivity (Wildman–Crippen MR) is 188 cm³/mol. The lowest BCUT2D eigenvalue weighted by Gasteiger charge is -2.30. The monoisotopic (exact) mass is 716 g/mol. The summed E-state index contributed by atoms with van der Waals surface area (Å²) in [6.07, 6.45) is 4.37. The van der Waals surface area contributed by atoms with Crippen LogP contribution in [0.25, 0.3) is 23.0 Å². The zero-order valence-electron chi connectivity index (χ0n) is 26.5. The van der Waals surface area contributed by atoms with Gasteiger partial charge in [0, 0.05) is 30.4 Å². The molecule has 1 aromatic heterocycles. The molecule has 252 valence electrons. The van der Waals surface area contributed by atoms with Gasteiger partial charge in [0.15, 0.2) is 11.5 Å². The number of benzene rings is 3. The highest BCUT2D eigenvalue weighted by Crippen LogP contribution is 2.38. The number of amides is 1. The molecule has 2 fully saturated rings. The quantitative estimate of drug-likeness (QED) is 0.122. The lowest BCUT2D eigenvalue weighted by molar-refractivity contribution is -0.149. The predicted octanol–water partition coefficient (Wildman–Crippen LogP) is 5.63. The third kappa shape index (κ3) is 6.73. The number of hydrogen-bond acceptors (Lipinski definition) is 10. The molecule has 0 saturated carbocycles. The molecular weight excluding hydrogens is 685 g/mol. The third-order valence-corrected chi connectivity index (χ3v) is 11.8. The van der Waals surface area contributed by atoms with Crippen molar-refractivity contribution in [1.29, 1.82) is 0 Å². The van der Waals surface area contributed by atoms with Crippen molar-refractivity contribution in [3.05, 3.63) is 95.0 Å². The van der Waals surface area contributed by atoms with E-state index in [4.69, 9.17) is 31.5 Å². The molecule has 0 unspecified atom stereocenters. The van der Waals surface area contributed by atoms with Gasteiger partial charge in [-0.1, -0.05) is 60.4 Å². The Kier molecular flexibility index (Phi) is 9.29. The molecule has 0 radical (unpaired) electrons.